The molecule has 0 bridgehead atoms. The standard InChI is InChI=1S/C38H51FN6O8/c1-3-4-5-6-17-32(46)41-27(22-25-12-9-13-26(39)21-25)33(47)42-28-23-53-38(52)31-16-11-20-45(31)35(49)24(2)40-34(48)29-14-7-8-18-43(29)37(51)30-15-10-19-44(30)36(28)50/h6,9,12-13,17,21,24,27-31H,3-5,7-8,10-11,14-16,18-20,22-23H2,1-2H3,(H,40,48)(H,41,46)(H,42,47)/t24-,27-,28-,29+,30-,31-/m0/s1. The lowest BCUT2D eigenvalue weighted by atomic mass is 9.99. The Morgan fingerprint density at radius 1 is 0.925 bits per heavy atom. The minimum Gasteiger partial charge on any atom is -0.461 e. The van der Waals surface area contributed by atoms with E-state index in [2.05, 4.69) is 16.0 Å². The Bertz CT molecular complexity index is 1590. The number of hydrogen-bond donors (Lipinski definition) is 3. The third-order valence-corrected chi connectivity index (χ3v) is 10.4. The molecule has 1 aromatic rings. The summed E-state index contributed by atoms with van der Waals surface area (Å²) in [7, 11) is 0. The molecule has 53 heavy (non-hydrogen) atoms. The Hall–Kier alpha value is -4.82. The second kappa shape index (κ2) is 18.3. The van der Waals surface area contributed by atoms with Crippen molar-refractivity contribution in [2.45, 2.75) is 121 Å². The molecule has 0 unspecified atom stereocenters. The molecule has 6 amide bonds. The van der Waals surface area contributed by atoms with Gasteiger partial charge >= 0.3 is 5.97 Å². The number of nitrogens with one attached hydrogen (secondary N) is 3. The number of esters is 1. The van der Waals surface area contributed by atoms with E-state index >= 15 is 0 Å². The average molecular weight is 739 g/mol. The highest BCUT2D eigenvalue weighted by Gasteiger charge is 2.45. The first-order valence-electron chi connectivity index (χ1n) is 18.9. The van der Waals surface area contributed by atoms with E-state index in [0.717, 1.165) is 12.8 Å². The van der Waals surface area contributed by atoms with Crippen LogP contribution in [0.1, 0.15) is 83.6 Å². The third-order valence-electron chi connectivity index (χ3n) is 10.4. The Balaban J connectivity index is 1.45. The van der Waals surface area contributed by atoms with Crippen molar-refractivity contribution in [3.63, 3.8) is 0 Å². The highest BCUT2D eigenvalue weighted by molar-refractivity contribution is 5.98. The van der Waals surface area contributed by atoms with Gasteiger partial charge < -0.3 is 35.4 Å². The zero-order chi connectivity index (χ0) is 38.1. The lowest BCUT2D eigenvalue weighted by molar-refractivity contribution is -0.158. The van der Waals surface area contributed by atoms with E-state index in [1.807, 2.05) is 6.92 Å². The van der Waals surface area contributed by atoms with Crippen LogP contribution in [0.3, 0.4) is 0 Å². The molecule has 0 saturated carbocycles. The first kappa shape index (κ1) is 39.4. The summed E-state index contributed by atoms with van der Waals surface area (Å²) in [5, 5.41) is 8.09. The fraction of sp³-hybridized carbons (Fsp3) is 0.605. The van der Waals surface area contributed by atoms with Gasteiger partial charge in [0.1, 0.15) is 48.7 Å². The quantitative estimate of drug-likeness (QED) is 0.194. The van der Waals surface area contributed by atoms with Crippen molar-refractivity contribution in [1.82, 2.24) is 30.7 Å². The molecule has 288 valence electrons. The molecule has 0 radical (unpaired) electrons. The Morgan fingerprint density at radius 2 is 1.60 bits per heavy atom. The lowest BCUT2D eigenvalue weighted by Crippen LogP contribution is -2.62. The Morgan fingerprint density at radius 3 is 2.34 bits per heavy atom. The van der Waals surface area contributed by atoms with Crippen molar-refractivity contribution in [2.24, 2.45) is 0 Å². The van der Waals surface area contributed by atoms with E-state index in [9.17, 15) is 38.0 Å². The topological polar surface area (TPSA) is 175 Å². The molecule has 15 heteroatoms. The highest BCUT2D eigenvalue weighted by Crippen LogP contribution is 2.26. The van der Waals surface area contributed by atoms with E-state index in [4.69, 9.17) is 4.74 Å². The van der Waals surface area contributed by atoms with Crippen LogP contribution in [0.15, 0.2) is 36.4 Å². The Kier molecular flexibility index (Phi) is 13.6. The maximum Gasteiger partial charge on any atom is 0.328 e. The molecule has 4 heterocycles. The van der Waals surface area contributed by atoms with Gasteiger partial charge in [-0.05, 0) is 82.1 Å². The maximum absolute atomic E-state index is 14.4. The largest absolute Gasteiger partial charge is 0.461 e. The summed E-state index contributed by atoms with van der Waals surface area (Å²) < 4.78 is 19.8. The highest BCUT2D eigenvalue weighted by atomic mass is 19.1. The monoisotopic (exact) mass is 738 g/mol. The van der Waals surface area contributed by atoms with Gasteiger partial charge in [-0.3, -0.25) is 28.8 Å². The summed E-state index contributed by atoms with van der Waals surface area (Å²) in [5.74, 6) is -4.67. The van der Waals surface area contributed by atoms with Crippen LogP contribution in [-0.2, 0) is 44.7 Å². The predicted molar refractivity (Wildman–Crippen MR) is 190 cm³/mol. The fourth-order valence-electron chi connectivity index (χ4n) is 7.59. The molecule has 4 fully saturated rings. The molecule has 4 aliphatic heterocycles. The molecule has 6 atom stereocenters. The molecule has 5 rings (SSSR count). The number of nitrogens with zero attached hydrogens (tertiary/aromatic N) is 3. The van der Waals surface area contributed by atoms with Gasteiger partial charge in [0.15, 0.2) is 0 Å². The smallest absolute Gasteiger partial charge is 0.328 e. The number of amides is 6. The molecule has 4 aliphatic rings. The number of fused-ring (bicyclic) bond motifs is 3. The van der Waals surface area contributed by atoms with Gasteiger partial charge in [-0.25, -0.2) is 9.18 Å². The molecule has 14 nitrogen and oxygen atoms in total. The van der Waals surface area contributed by atoms with Gasteiger partial charge in [-0.15, -0.1) is 0 Å². The normalized spacial score (nSPS) is 26.4. The zero-order valence-corrected chi connectivity index (χ0v) is 30.5. The van der Waals surface area contributed by atoms with Crippen LogP contribution in [0, 0.1) is 5.82 Å². The molecule has 0 aliphatic carbocycles. The number of carbonyl (C=O) groups is 7. The number of benzene rings is 1. The van der Waals surface area contributed by atoms with Gasteiger partial charge in [0.05, 0.1) is 0 Å². The number of ether oxygens (including phenoxy) is 1. The van der Waals surface area contributed by atoms with Gasteiger partial charge in [-0.2, -0.15) is 0 Å². The maximum atomic E-state index is 14.4. The molecule has 0 aromatic heterocycles. The van der Waals surface area contributed by atoms with Crippen LogP contribution < -0.4 is 16.0 Å². The van der Waals surface area contributed by atoms with Crippen LogP contribution >= 0.6 is 0 Å². The molecular weight excluding hydrogens is 687 g/mol. The van der Waals surface area contributed by atoms with Crippen molar-refractivity contribution in [2.75, 3.05) is 26.2 Å². The summed E-state index contributed by atoms with van der Waals surface area (Å²) in [4.78, 5) is 100. The van der Waals surface area contributed by atoms with E-state index < -0.39 is 90.1 Å². The SMILES string of the molecule is CCCCC=CC(=O)N[C@@H](Cc1cccc(F)c1)C(=O)N[C@H]1COC(=O)[C@@H]2CCCN2C(=O)[C@H](C)NC(=O)[C@H]2CCCCN2C(=O)[C@@H]2CCCN2C1=O. The van der Waals surface area contributed by atoms with E-state index in [0.29, 0.717) is 63.5 Å². The Labute approximate surface area is 309 Å². The van der Waals surface area contributed by atoms with Crippen LogP contribution in [0.4, 0.5) is 4.39 Å². The first-order chi connectivity index (χ1) is 25.5. The van der Waals surface area contributed by atoms with Crippen molar-refractivity contribution >= 4 is 41.4 Å². The number of allylic oxidation sites excluding steroid dienone is 1. The van der Waals surface area contributed by atoms with Crippen molar-refractivity contribution in [3.8, 4) is 0 Å². The minimum atomic E-state index is -1.47. The summed E-state index contributed by atoms with van der Waals surface area (Å²) >= 11 is 0. The third kappa shape index (κ3) is 9.79. The number of rotatable bonds is 9. The van der Waals surface area contributed by atoms with Crippen molar-refractivity contribution in [3.05, 3.63) is 47.8 Å². The predicted octanol–water partition coefficient (Wildman–Crippen LogP) is 1.51. The number of hydrogen-bond acceptors (Lipinski definition) is 8. The summed E-state index contributed by atoms with van der Waals surface area (Å²) in [6.45, 7) is 3.71. The van der Waals surface area contributed by atoms with Gasteiger partial charge in [-0.1, -0.05) is 38.0 Å². The second-order valence-corrected chi connectivity index (χ2v) is 14.3. The molecule has 4 saturated heterocycles. The van der Waals surface area contributed by atoms with Gasteiger partial charge in [0.25, 0.3) is 0 Å². The number of carbonyl (C=O) groups excluding carboxylic acids is 7. The van der Waals surface area contributed by atoms with Crippen molar-refractivity contribution < 1.29 is 42.7 Å². The van der Waals surface area contributed by atoms with Crippen LogP contribution in [-0.4, -0.2) is 119 Å². The summed E-state index contributed by atoms with van der Waals surface area (Å²) in [6.07, 6.45) is 8.76. The van der Waals surface area contributed by atoms with Crippen LogP contribution in [0.25, 0.3) is 0 Å². The van der Waals surface area contributed by atoms with Gasteiger partial charge in [0, 0.05) is 26.1 Å². The molecule has 0 spiro atoms. The van der Waals surface area contributed by atoms with Crippen molar-refractivity contribution in [1.29, 1.82) is 0 Å². The number of halogens is 1. The molecular formula is C38H51FN6O8. The average Bonchev–Trinajstić information content (AvgIpc) is 3.84. The lowest BCUT2D eigenvalue weighted by Gasteiger charge is -2.39. The van der Waals surface area contributed by atoms with E-state index in [1.54, 1.807) is 19.1 Å². The molecule has 3 N–H and O–H groups in total. The van der Waals surface area contributed by atoms with E-state index in [1.165, 1.54) is 39.0 Å². The van der Waals surface area contributed by atoms with Gasteiger partial charge in [0.2, 0.25) is 35.4 Å². The first-order valence-corrected chi connectivity index (χ1v) is 18.9. The number of cyclic esters (lactones) is 1. The zero-order valence-electron chi connectivity index (χ0n) is 30.5. The summed E-state index contributed by atoms with van der Waals surface area (Å²) in [6, 6.07) is -0.834. The van der Waals surface area contributed by atoms with Crippen LogP contribution in [0.5, 0.6) is 0 Å². The fourth-order valence-corrected chi connectivity index (χ4v) is 7.59. The number of unbranched alkanes of at least 4 members (excludes halogenated alkanes) is 2. The number of piperidine rings is 1. The minimum absolute atomic E-state index is 0.112. The van der Waals surface area contributed by atoms with Crippen LogP contribution in [0.2, 0.25) is 0 Å². The second-order valence-electron chi connectivity index (χ2n) is 14.3. The van der Waals surface area contributed by atoms with E-state index in [-0.39, 0.29) is 19.5 Å². The summed E-state index contributed by atoms with van der Waals surface area (Å²) in [5.41, 5.74) is 0.418. The molecule has 1 aromatic carbocycles.